The van der Waals surface area contributed by atoms with Crippen molar-refractivity contribution < 1.29 is 9.47 Å². The summed E-state index contributed by atoms with van der Waals surface area (Å²) in [6.45, 7) is 4.77. The van der Waals surface area contributed by atoms with Crippen LogP contribution in [0, 0.1) is 6.92 Å². The lowest BCUT2D eigenvalue weighted by molar-refractivity contribution is 0.0228. The average Bonchev–Trinajstić information content (AvgIpc) is 2.13. The molecular formula is C10H15NO2. The number of nitrogens with two attached hydrogens (primary N) is 1. The van der Waals surface area contributed by atoms with Crippen LogP contribution in [0.2, 0.25) is 0 Å². The van der Waals surface area contributed by atoms with Crippen LogP contribution in [0.1, 0.15) is 12.5 Å². The fourth-order valence-electron chi connectivity index (χ4n) is 0.968. The topological polar surface area (TPSA) is 44.5 Å². The van der Waals surface area contributed by atoms with E-state index < -0.39 is 0 Å². The van der Waals surface area contributed by atoms with Crippen LogP contribution in [0.4, 0.5) is 5.69 Å². The van der Waals surface area contributed by atoms with Crippen LogP contribution in [0.3, 0.4) is 0 Å². The molecule has 0 saturated carbocycles. The summed E-state index contributed by atoms with van der Waals surface area (Å²) < 4.78 is 10.4. The second-order valence-electron chi connectivity index (χ2n) is 2.74. The molecule has 0 bridgehead atoms. The van der Waals surface area contributed by atoms with Crippen LogP contribution < -0.4 is 10.5 Å². The van der Waals surface area contributed by atoms with Crippen LogP contribution in [0.15, 0.2) is 18.2 Å². The third-order valence-corrected chi connectivity index (χ3v) is 1.79. The van der Waals surface area contributed by atoms with Gasteiger partial charge in [0.1, 0.15) is 5.75 Å². The van der Waals surface area contributed by atoms with E-state index in [1.54, 1.807) is 0 Å². The highest BCUT2D eigenvalue weighted by Gasteiger charge is 2.01. The highest BCUT2D eigenvalue weighted by molar-refractivity contribution is 5.57. The van der Waals surface area contributed by atoms with Crippen molar-refractivity contribution in [1.29, 1.82) is 0 Å². The minimum absolute atomic E-state index is 0.254. The molecule has 72 valence electrons. The van der Waals surface area contributed by atoms with E-state index in [1.165, 1.54) is 0 Å². The van der Waals surface area contributed by atoms with Gasteiger partial charge in [-0.25, -0.2) is 0 Å². The smallest absolute Gasteiger partial charge is 0.189 e. The Morgan fingerprint density at radius 1 is 1.38 bits per heavy atom. The molecule has 2 N–H and O–H groups in total. The first-order valence-electron chi connectivity index (χ1n) is 4.31. The van der Waals surface area contributed by atoms with E-state index in [9.17, 15) is 0 Å². The van der Waals surface area contributed by atoms with E-state index in [4.69, 9.17) is 15.2 Å². The number of para-hydroxylation sites is 1. The van der Waals surface area contributed by atoms with Gasteiger partial charge < -0.3 is 15.2 Å². The van der Waals surface area contributed by atoms with E-state index in [0.717, 1.165) is 5.56 Å². The zero-order chi connectivity index (χ0) is 9.68. The number of ether oxygens (including phenoxy) is 2. The van der Waals surface area contributed by atoms with E-state index in [1.807, 2.05) is 32.0 Å². The fraction of sp³-hybridized carbons (Fsp3) is 0.400. The van der Waals surface area contributed by atoms with Gasteiger partial charge in [0.05, 0.1) is 5.69 Å². The van der Waals surface area contributed by atoms with Crippen molar-refractivity contribution in [2.45, 2.75) is 13.8 Å². The second kappa shape index (κ2) is 4.72. The molecule has 0 atom stereocenters. The third-order valence-electron chi connectivity index (χ3n) is 1.79. The maximum absolute atomic E-state index is 5.78. The number of hydrogen-bond donors (Lipinski definition) is 1. The summed E-state index contributed by atoms with van der Waals surface area (Å²) >= 11 is 0. The monoisotopic (exact) mass is 181 g/mol. The minimum Gasteiger partial charge on any atom is -0.465 e. The van der Waals surface area contributed by atoms with Gasteiger partial charge in [-0.15, -0.1) is 0 Å². The molecule has 0 spiro atoms. The maximum atomic E-state index is 5.78. The summed E-state index contributed by atoms with van der Waals surface area (Å²) in [5, 5.41) is 0. The minimum atomic E-state index is 0.254. The van der Waals surface area contributed by atoms with Crippen LogP contribution in [-0.2, 0) is 4.74 Å². The van der Waals surface area contributed by atoms with Gasteiger partial charge in [0.2, 0.25) is 0 Å². The Labute approximate surface area is 78.5 Å². The number of anilines is 1. The van der Waals surface area contributed by atoms with Gasteiger partial charge in [0.25, 0.3) is 0 Å². The van der Waals surface area contributed by atoms with E-state index in [0.29, 0.717) is 18.0 Å². The van der Waals surface area contributed by atoms with Gasteiger partial charge in [0, 0.05) is 6.61 Å². The first-order chi connectivity index (χ1) is 6.25. The predicted octanol–water partition coefficient (Wildman–Crippen LogP) is 1.95. The van der Waals surface area contributed by atoms with E-state index >= 15 is 0 Å². The quantitative estimate of drug-likeness (QED) is 0.438. The van der Waals surface area contributed by atoms with E-state index in [-0.39, 0.29) is 6.79 Å². The molecule has 1 rings (SSSR count). The summed E-state index contributed by atoms with van der Waals surface area (Å²) in [5.41, 5.74) is 7.49. The highest BCUT2D eigenvalue weighted by Crippen LogP contribution is 2.23. The van der Waals surface area contributed by atoms with Crippen molar-refractivity contribution in [3.8, 4) is 5.75 Å². The van der Waals surface area contributed by atoms with Gasteiger partial charge in [-0.05, 0) is 25.5 Å². The maximum Gasteiger partial charge on any atom is 0.189 e. The van der Waals surface area contributed by atoms with Crippen LogP contribution in [0.25, 0.3) is 0 Å². The van der Waals surface area contributed by atoms with Crippen molar-refractivity contribution in [3.63, 3.8) is 0 Å². The molecule has 0 aliphatic heterocycles. The van der Waals surface area contributed by atoms with Gasteiger partial charge >= 0.3 is 0 Å². The Morgan fingerprint density at radius 3 is 2.85 bits per heavy atom. The molecule has 0 aliphatic carbocycles. The van der Waals surface area contributed by atoms with Crippen molar-refractivity contribution in [1.82, 2.24) is 0 Å². The summed E-state index contributed by atoms with van der Waals surface area (Å²) in [7, 11) is 0. The van der Waals surface area contributed by atoms with Crippen molar-refractivity contribution >= 4 is 5.69 Å². The average molecular weight is 181 g/mol. The molecule has 0 unspecified atom stereocenters. The Balaban J connectivity index is 2.61. The van der Waals surface area contributed by atoms with Crippen LogP contribution in [0.5, 0.6) is 5.75 Å². The molecule has 0 saturated heterocycles. The van der Waals surface area contributed by atoms with Crippen molar-refractivity contribution in [2.75, 3.05) is 19.1 Å². The van der Waals surface area contributed by atoms with Gasteiger partial charge in [0.15, 0.2) is 6.79 Å². The lowest BCUT2D eigenvalue weighted by atomic mass is 10.2. The summed E-state index contributed by atoms with van der Waals surface area (Å²) in [6.07, 6.45) is 0. The van der Waals surface area contributed by atoms with E-state index in [2.05, 4.69) is 0 Å². The molecule has 1 aromatic carbocycles. The first kappa shape index (κ1) is 9.86. The number of benzene rings is 1. The predicted molar refractivity (Wildman–Crippen MR) is 52.7 cm³/mol. The molecule has 0 heterocycles. The van der Waals surface area contributed by atoms with Crippen LogP contribution in [-0.4, -0.2) is 13.4 Å². The Morgan fingerprint density at radius 2 is 2.15 bits per heavy atom. The summed E-state index contributed by atoms with van der Waals surface area (Å²) in [5.74, 6) is 0.688. The number of nitrogen functional groups attached to an aromatic ring is 1. The van der Waals surface area contributed by atoms with Crippen LogP contribution >= 0.6 is 0 Å². The summed E-state index contributed by atoms with van der Waals surface area (Å²) in [4.78, 5) is 0. The molecule has 0 radical (unpaired) electrons. The Kier molecular flexibility index (Phi) is 3.58. The molecule has 3 nitrogen and oxygen atoms in total. The molecule has 3 heteroatoms. The Bertz CT molecular complexity index is 274. The zero-order valence-corrected chi connectivity index (χ0v) is 8.04. The number of hydrogen-bond acceptors (Lipinski definition) is 3. The van der Waals surface area contributed by atoms with Gasteiger partial charge in [-0.2, -0.15) is 0 Å². The highest BCUT2D eigenvalue weighted by atomic mass is 16.7. The standard InChI is InChI=1S/C10H15NO2/c1-3-12-7-13-9-6-4-5-8(2)10(9)11/h4-6H,3,7,11H2,1-2H3. The van der Waals surface area contributed by atoms with Gasteiger partial charge in [-0.3, -0.25) is 0 Å². The third kappa shape index (κ3) is 2.63. The Hall–Kier alpha value is -1.22. The van der Waals surface area contributed by atoms with Crippen molar-refractivity contribution in [3.05, 3.63) is 23.8 Å². The fourth-order valence-corrected chi connectivity index (χ4v) is 0.968. The number of aryl methyl sites for hydroxylation is 1. The SMILES string of the molecule is CCOCOc1cccc(C)c1N. The normalized spacial score (nSPS) is 10.0. The molecule has 0 aromatic heterocycles. The number of rotatable bonds is 4. The molecular weight excluding hydrogens is 166 g/mol. The molecule has 0 amide bonds. The second-order valence-corrected chi connectivity index (χ2v) is 2.74. The molecule has 1 aromatic rings. The molecule has 13 heavy (non-hydrogen) atoms. The summed E-state index contributed by atoms with van der Waals surface area (Å²) in [6, 6.07) is 5.69. The first-order valence-corrected chi connectivity index (χ1v) is 4.31. The molecule has 0 aliphatic rings. The lowest BCUT2D eigenvalue weighted by Gasteiger charge is -2.09. The van der Waals surface area contributed by atoms with Crippen molar-refractivity contribution in [2.24, 2.45) is 0 Å². The lowest BCUT2D eigenvalue weighted by Crippen LogP contribution is -2.04. The molecule has 0 fully saturated rings. The zero-order valence-electron chi connectivity index (χ0n) is 8.04. The van der Waals surface area contributed by atoms with Gasteiger partial charge in [-0.1, -0.05) is 12.1 Å². The largest absolute Gasteiger partial charge is 0.465 e.